The van der Waals surface area contributed by atoms with Crippen LogP contribution in [0.4, 0.5) is 5.82 Å². The van der Waals surface area contributed by atoms with Gasteiger partial charge in [0.1, 0.15) is 5.82 Å². The largest absolute Gasteiger partial charge is 0.351 e. The summed E-state index contributed by atoms with van der Waals surface area (Å²) >= 11 is 6.13. The normalized spacial score (nSPS) is 25.9. The molecule has 15 heavy (non-hydrogen) atoms. The number of rotatable bonds is 2. The number of nitrogens with two attached hydrogens (primary N) is 1. The molecule has 2 unspecified atom stereocenters. The molecule has 0 aliphatic carbocycles. The van der Waals surface area contributed by atoms with Crippen molar-refractivity contribution in [3.63, 3.8) is 0 Å². The van der Waals surface area contributed by atoms with Crippen LogP contribution in [0.1, 0.15) is 13.3 Å². The molecule has 4 heteroatoms. The lowest BCUT2D eigenvalue weighted by atomic mass is 10.0. The monoisotopic (exact) mass is 225 g/mol. The molecule has 2 rings (SSSR count). The fraction of sp³-hybridized carbons (Fsp3) is 0.545. The number of hydrogen-bond acceptors (Lipinski definition) is 3. The number of anilines is 1. The van der Waals surface area contributed by atoms with E-state index in [2.05, 4.69) is 16.8 Å². The lowest BCUT2D eigenvalue weighted by Crippen LogP contribution is -2.39. The predicted octanol–water partition coefficient (Wildman–Crippen LogP) is 1.91. The van der Waals surface area contributed by atoms with Gasteiger partial charge in [0.2, 0.25) is 0 Å². The van der Waals surface area contributed by atoms with Crippen molar-refractivity contribution in [2.75, 3.05) is 18.0 Å². The van der Waals surface area contributed by atoms with Crippen LogP contribution in [0.3, 0.4) is 0 Å². The summed E-state index contributed by atoms with van der Waals surface area (Å²) in [6, 6.07) is 4.10. The highest BCUT2D eigenvalue weighted by molar-refractivity contribution is 6.32. The van der Waals surface area contributed by atoms with Gasteiger partial charge in [-0.2, -0.15) is 0 Å². The van der Waals surface area contributed by atoms with Gasteiger partial charge in [0.15, 0.2) is 0 Å². The van der Waals surface area contributed by atoms with Gasteiger partial charge in [0, 0.05) is 25.3 Å². The van der Waals surface area contributed by atoms with E-state index in [0.29, 0.717) is 23.5 Å². The standard InChI is InChI=1S/C11H16ClN3/c1-8-4-6-15(10(8)7-13)11-9(12)3-2-5-14-11/h2-3,5,8,10H,4,6-7,13H2,1H3. The molecule has 1 aliphatic heterocycles. The highest BCUT2D eigenvalue weighted by Crippen LogP contribution is 2.31. The smallest absolute Gasteiger partial charge is 0.147 e. The third-order valence-electron chi connectivity index (χ3n) is 3.14. The van der Waals surface area contributed by atoms with E-state index in [1.807, 2.05) is 12.1 Å². The summed E-state index contributed by atoms with van der Waals surface area (Å²) < 4.78 is 0. The molecule has 3 nitrogen and oxygen atoms in total. The Morgan fingerprint density at radius 3 is 3.13 bits per heavy atom. The maximum absolute atomic E-state index is 6.13. The van der Waals surface area contributed by atoms with Gasteiger partial charge < -0.3 is 10.6 Å². The van der Waals surface area contributed by atoms with Gasteiger partial charge in [-0.3, -0.25) is 0 Å². The van der Waals surface area contributed by atoms with E-state index in [-0.39, 0.29) is 0 Å². The SMILES string of the molecule is CC1CCN(c2ncccc2Cl)C1CN. The quantitative estimate of drug-likeness (QED) is 0.836. The molecule has 2 atom stereocenters. The van der Waals surface area contributed by atoms with Crippen molar-refractivity contribution in [3.8, 4) is 0 Å². The summed E-state index contributed by atoms with van der Waals surface area (Å²) in [6.45, 7) is 3.89. The topological polar surface area (TPSA) is 42.2 Å². The summed E-state index contributed by atoms with van der Waals surface area (Å²) in [5.41, 5.74) is 5.79. The number of aromatic nitrogens is 1. The summed E-state index contributed by atoms with van der Waals surface area (Å²) in [4.78, 5) is 6.56. The third kappa shape index (κ3) is 1.94. The van der Waals surface area contributed by atoms with Crippen LogP contribution in [0.5, 0.6) is 0 Å². The number of pyridine rings is 1. The van der Waals surface area contributed by atoms with E-state index < -0.39 is 0 Å². The van der Waals surface area contributed by atoms with Gasteiger partial charge in [0.05, 0.1) is 5.02 Å². The van der Waals surface area contributed by atoms with Crippen molar-refractivity contribution in [2.45, 2.75) is 19.4 Å². The maximum atomic E-state index is 6.13. The summed E-state index contributed by atoms with van der Waals surface area (Å²) in [6.07, 6.45) is 2.94. The molecule has 1 fully saturated rings. The second-order valence-electron chi connectivity index (χ2n) is 4.07. The zero-order valence-electron chi connectivity index (χ0n) is 8.86. The summed E-state index contributed by atoms with van der Waals surface area (Å²) in [7, 11) is 0. The molecule has 2 heterocycles. The van der Waals surface area contributed by atoms with Crippen LogP contribution >= 0.6 is 11.6 Å². The number of hydrogen-bond donors (Lipinski definition) is 1. The van der Waals surface area contributed by atoms with E-state index in [9.17, 15) is 0 Å². The van der Waals surface area contributed by atoms with Crippen molar-refractivity contribution >= 4 is 17.4 Å². The number of halogens is 1. The molecule has 0 saturated carbocycles. The third-order valence-corrected chi connectivity index (χ3v) is 3.43. The Morgan fingerprint density at radius 1 is 1.67 bits per heavy atom. The molecule has 1 saturated heterocycles. The molecule has 2 N–H and O–H groups in total. The highest BCUT2D eigenvalue weighted by Gasteiger charge is 2.31. The molecular weight excluding hydrogens is 210 g/mol. The first-order valence-corrected chi connectivity index (χ1v) is 5.69. The predicted molar refractivity (Wildman–Crippen MR) is 63.2 cm³/mol. The van der Waals surface area contributed by atoms with Crippen LogP contribution in [-0.2, 0) is 0 Å². The zero-order chi connectivity index (χ0) is 10.8. The average molecular weight is 226 g/mol. The first kappa shape index (κ1) is 10.7. The molecule has 0 spiro atoms. The van der Waals surface area contributed by atoms with E-state index in [1.54, 1.807) is 6.20 Å². The van der Waals surface area contributed by atoms with Crippen molar-refractivity contribution in [1.82, 2.24) is 4.98 Å². The second-order valence-corrected chi connectivity index (χ2v) is 4.48. The fourth-order valence-corrected chi connectivity index (χ4v) is 2.45. The molecule has 1 aromatic heterocycles. The van der Waals surface area contributed by atoms with Crippen LogP contribution in [-0.4, -0.2) is 24.1 Å². The molecule has 0 bridgehead atoms. The van der Waals surface area contributed by atoms with Crippen molar-refractivity contribution in [3.05, 3.63) is 23.4 Å². The Balaban J connectivity index is 2.28. The molecule has 1 aliphatic rings. The minimum Gasteiger partial charge on any atom is -0.351 e. The first-order chi connectivity index (χ1) is 7.24. The van der Waals surface area contributed by atoms with Gasteiger partial charge in [0.25, 0.3) is 0 Å². The lowest BCUT2D eigenvalue weighted by Gasteiger charge is -2.27. The molecule has 0 radical (unpaired) electrons. The Kier molecular flexibility index (Phi) is 3.12. The van der Waals surface area contributed by atoms with Crippen molar-refractivity contribution in [2.24, 2.45) is 11.7 Å². The van der Waals surface area contributed by atoms with Gasteiger partial charge >= 0.3 is 0 Å². The number of nitrogens with zero attached hydrogens (tertiary/aromatic N) is 2. The van der Waals surface area contributed by atoms with Crippen LogP contribution in [0, 0.1) is 5.92 Å². The Bertz CT molecular complexity index is 342. The summed E-state index contributed by atoms with van der Waals surface area (Å²) in [5, 5.41) is 0.713. The molecule has 0 aromatic carbocycles. The van der Waals surface area contributed by atoms with Crippen molar-refractivity contribution in [1.29, 1.82) is 0 Å². The molecular formula is C11H16ClN3. The minimum atomic E-state index is 0.373. The van der Waals surface area contributed by atoms with Crippen LogP contribution in [0.2, 0.25) is 5.02 Å². The Morgan fingerprint density at radius 2 is 2.47 bits per heavy atom. The van der Waals surface area contributed by atoms with E-state index >= 15 is 0 Å². The summed E-state index contributed by atoms with van der Waals surface area (Å²) in [5.74, 6) is 1.49. The first-order valence-electron chi connectivity index (χ1n) is 5.31. The fourth-order valence-electron chi connectivity index (χ4n) is 2.22. The second kappa shape index (κ2) is 4.37. The van der Waals surface area contributed by atoms with Crippen LogP contribution < -0.4 is 10.6 Å². The van der Waals surface area contributed by atoms with E-state index in [0.717, 1.165) is 18.8 Å². The molecule has 82 valence electrons. The molecule has 1 aromatic rings. The van der Waals surface area contributed by atoms with Crippen molar-refractivity contribution < 1.29 is 0 Å². The van der Waals surface area contributed by atoms with Gasteiger partial charge in [-0.05, 0) is 24.5 Å². The lowest BCUT2D eigenvalue weighted by molar-refractivity contribution is 0.517. The van der Waals surface area contributed by atoms with Crippen LogP contribution in [0.15, 0.2) is 18.3 Å². The van der Waals surface area contributed by atoms with Gasteiger partial charge in [-0.25, -0.2) is 4.98 Å². The van der Waals surface area contributed by atoms with Gasteiger partial charge in [-0.15, -0.1) is 0 Å². The minimum absolute atomic E-state index is 0.373. The van der Waals surface area contributed by atoms with E-state index in [4.69, 9.17) is 17.3 Å². The Labute approximate surface area is 95.2 Å². The molecule has 0 amide bonds. The zero-order valence-corrected chi connectivity index (χ0v) is 9.61. The Hall–Kier alpha value is -0.800. The van der Waals surface area contributed by atoms with E-state index in [1.165, 1.54) is 0 Å². The van der Waals surface area contributed by atoms with Gasteiger partial charge in [-0.1, -0.05) is 18.5 Å². The van der Waals surface area contributed by atoms with Crippen LogP contribution in [0.25, 0.3) is 0 Å². The maximum Gasteiger partial charge on any atom is 0.147 e. The highest BCUT2D eigenvalue weighted by atomic mass is 35.5. The average Bonchev–Trinajstić information content (AvgIpc) is 2.60.